The number of likely N-dealkylation sites (tertiary alicyclic amines) is 1. The number of primary amides is 1. The van der Waals surface area contributed by atoms with E-state index in [-0.39, 0.29) is 11.1 Å². The van der Waals surface area contributed by atoms with Crippen LogP contribution in [0, 0.1) is 0 Å². The number of carbonyl (C=O) groups is 1. The molecule has 24 heavy (non-hydrogen) atoms. The third-order valence-corrected chi connectivity index (χ3v) is 4.27. The molecule has 0 unspecified atom stereocenters. The van der Waals surface area contributed by atoms with Gasteiger partial charge >= 0.3 is 0 Å². The smallest absolute Gasteiger partial charge is 0.269 e. The molecule has 0 spiro atoms. The van der Waals surface area contributed by atoms with Gasteiger partial charge in [0.2, 0.25) is 5.89 Å². The van der Waals surface area contributed by atoms with Gasteiger partial charge in [-0.1, -0.05) is 25.9 Å². The zero-order valence-electron chi connectivity index (χ0n) is 14.4. The summed E-state index contributed by atoms with van der Waals surface area (Å²) < 4.78 is 5.36. The van der Waals surface area contributed by atoms with Crippen LogP contribution in [0.3, 0.4) is 0 Å². The van der Waals surface area contributed by atoms with Gasteiger partial charge in [-0.3, -0.25) is 14.8 Å². The summed E-state index contributed by atoms with van der Waals surface area (Å²) in [5.74, 6) is 1.16. The molecule has 1 saturated heterocycles. The van der Waals surface area contributed by atoms with Crippen LogP contribution in [-0.4, -0.2) is 44.2 Å². The number of aromatic nitrogens is 4. The zero-order chi connectivity index (χ0) is 17.3. The number of H-pyrrole nitrogens is 1. The molecule has 3 heterocycles. The molecule has 1 aliphatic heterocycles. The molecule has 3 rings (SSSR count). The standard InChI is InChI=1S/C16H24N6O2/c1-16(2,3)15-18-13(21-24-15)9-22-6-4-5-10(8-22)11-7-12(14(17)23)20-19-11/h7,10H,4-6,8-9H2,1-3H3,(H2,17,23)(H,19,20)/t10-/m0/s1. The molecular formula is C16H24N6O2. The number of nitrogens with two attached hydrogens (primary N) is 1. The minimum atomic E-state index is -0.508. The highest BCUT2D eigenvalue weighted by molar-refractivity contribution is 5.90. The Kier molecular flexibility index (Phi) is 4.40. The van der Waals surface area contributed by atoms with E-state index in [0.29, 0.717) is 24.2 Å². The molecule has 1 atom stereocenters. The monoisotopic (exact) mass is 332 g/mol. The SMILES string of the molecule is CC(C)(C)c1nc(CN2CCC[C@H](c3cc(C(N)=O)n[nH]3)C2)no1. The summed E-state index contributed by atoms with van der Waals surface area (Å²) in [6.45, 7) is 8.67. The van der Waals surface area contributed by atoms with Crippen molar-refractivity contribution in [3.63, 3.8) is 0 Å². The first kappa shape index (κ1) is 16.6. The van der Waals surface area contributed by atoms with Crippen LogP contribution in [-0.2, 0) is 12.0 Å². The Hall–Kier alpha value is -2.22. The van der Waals surface area contributed by atoms with Crippen molar-refractivity contribution >= 4 is 5.91 Å². The molecule has 1 amide bonds. The van der Waals surface area contributed by atoms with Crippen LogP contribution in [0.25, 0.3) is 0 Å². The lowest BCUT2D eigenvalue weighted by Crippen LogP contribution is -2.34. The van der Waals surface area contributed by atoms with E-state index in [1.54, 1.807) is 6.07 Å². The molecule has 3 N–H and O–H groups in total. The van der Waals surface area contributed by atoms with Gasteiger partial charge < -0.3 is 10.3 Å². The largest absolute Gasteiger partial charge is 0.364 e. The molecule has 2 aromatic heterocycles. The molecule has 0 radical (unpaired) electrons. The van der Waals surface area contributed by atoms with Crippen molar-refractivity contribution in [2.75, 3.05) is 13.1 Å². The van der Waals surface area contributed by atoms with Crippen LogP contribution in [0.4, 0.5) is 0 Å². The van der Waals surface area contributed by atoms with Crippen LogP contribution >= 0.6 is 0 Å². The van der Waals surface area contributed by atoms with Gasteiger partial charge in [0, 0.05) is 23.6 Å². The molecule has 130 valence electrons. The zero-order valence-corrected chi connectivity index (χ0v) is 14.4. The Morgan fingerprint density at radius 2 is 2.29 bits per heavy atom. The van der Waals surface area contributed by atoms with Crippen molar-refractivity contribution in [1.82, 2.24) is 25.2 Å². The van der Waals surface area contributed by atoms with Crippen molar-refractivity contribution in [1.29, 1.82) is 0 Å². The van der Waals surface area contributed by atoms with E-state index >= 15 is 0 Å². The van der Waals surface area contributed by atoms with Crippen LogP contribution in [0.2, 0.25) is 0 Å². The lowest BCUT2D eigenvalue weighted by atomic mass is 9.94. The summed E-state index contributed by atoms with van der Waals surface area (Å²) >= 11 is 0. The molecule has 8 nitrogen and oxygen atoms in total. The summed E-state index contributed by atoms with van der Waals surface area (Å²) in [5.41, 5.74) is 6.37. The van der Waals surface area contributed by atoms with Crippen LogP contribution in [0.5, 0.6) is 0 Å². The molecular weight excluding hydrogens is 308 g/mol. The Labute approximate surface area is 140 Å². The Bertz CT molecular complexity index is 714. The van der Waals surface area contributed by atoms with Crippen molar-refractivity contribution in [3.05, 3.63) is 29.2 Å². The van der Waals surface area contributed by atoms with Gasteiger partial charge in [0.25, 0.3) is 5.91 Å². The van der Waals surface area contributed by atoms with Gasteiger partial charge in [0.05, 0.1) is 6.54 Å². The second-order valence-electron chi connectivity index (χ2n) is 7.41. The topological polar surface area (TPSA) is 114 Å². The first-order chi connectivity index (χ1) is 11.3. The van der Waals surface area contributed by atoms with Crippen molar-refractivity contribution in [3.8, 4) is 0 Å². The summed E-state index contributed by atoms with van der Waals surface area (Å²) in [4.78, 5) is 18.0. The van der Waals surface area contributed by atoms with Crippen LogP contribution in [0.1, 0.15) is 67.4 Å². The molecule has 0 aliphatic carbocycles. The van der Waals surface area contributed by atoms with Gasteiger partial charge in [-0.15, -0.1) is 0 Å². The minimum Gasteiger partial charge on any atom is -0.364 e. The number of aromatic amines is 1. The number of amides is 1. The fraction of sp³-hybridized carbons (Fsp3) is 0.625. The van der Waals surface area contributed by atoms with E-state index in [1.807, 2.05) is 0 Å². The normalized spacial score (nSPS) is 19.5. The number of nitrogens with zero attached hydrogens (tertiary/aromatic N) is 4. The van der Waals surface area contributed by atoms with Crippen molar-refractivity contribution in [2.45, 2.75) is 51.5 Å². The van der Waals surface area contributed by atoms with Crippen LogP contribution in [0.15, 0.2) is 10.6 Å². The number of hydrogen-bond acceptors (Lipinski definition) is 6. The number of piperidine rings is 1. The number of nitrogens with one attached hydrogen (secondary N) is 1. The third kappa shape index (κ3) is 3.64. The van der Waals surface area contributed by atoms with Crippen LogP contribution < -0.4 is 5.73 Å². The maximum absolute atomic E-state index is 11.2. The van der Waals surface area contributed by atoms with Gasteiger partial charge in [-0.2, -0.15) is 10.1 Å². The average Bonchev–Trinajstić information content (AvgIpc) is 3.16. The van der Waals surface area contributed by atoms with E-state index in [4.69, 9.17) is 10.3 Å². The first-order valence-corrected chi connectivity index (χ1v) is 8.23. The quantitative estimate of drug-likeness (QED) is 0.878. The number of rotatable bonds is 4. The van der Waals surface area contributed by atoms with Gasteiger partial charge in [-0.05, 0) is 25.5 Å². The Morgan fingerprint density at radius 3 is 2.92 bits per heavy atom. The maximum atomic E-state index is 11.2. The first-order valence-electron chi connectivity index (χ1n) is 8.23. The Balaban J connectivity index is 1.65. The van der Waals surface area contributed by atoms with Gasteiger partial charge in [0.15, 0.2) is 5.82 Å². The van der Waals surface area contributed by atoms with E-state index in [1.165, 1.54) is 0 Å². The molecule has 8 heteroatoms. The maximum Gasteiger partial charge on any atom is 0.269 e. The average molecular weight is 332 g/mol. The van der Waals surface area contributed by atoms with E-state index in [0.717, 1.165) is 31.6 Å². The van der Waals surface area contributed by atoms with Gasteiger partial charge in [0.1, 0.15) is 5.69 Å². The minimum absolute atomic E-state index is 0.142. The highest BCUT2D eigenvalue weighted by atomic mass is 16.5. The lowest BCUT2D eigenvalue weighted by molar-refractivity contribution is 0.0995. The second kappa shape index (κ2) is 6.35. The summed E-state index contributed by atoms with van der Waals surface area (Å²) in [7, 11) is 0. The molecule has 2 aromatic rings. The fourth-order valence-electron chi connectivity index (χ4n) is 2.95. The molecule has 0 saturated carbocycles. The highest BCUT2D eigenvalue weighted by Gasteiger charge is 2.26. The predicted molar refractivity (Wildman–Crippen MR) is 87.4 cm³/mol. The number of hydrogen-bond donors (Lipinski definition) is 2. The van der Waals surface area contributed by atoms with Crippen molar-refractivity contribution < 1.29 is 9.32 Å². The second-order valence-corrected chi connectivity index (χ2v) is 7.41. The molecule has 0 aromatic carbocycles. The fourth-order valence-corrected chi connectivity index (χ4v) is 2.95. The van der Waals surface area contributed by atoms with E-state index < -0.39 is 5.91 Å². The van der Waals surface area contributed by atoms with Gasteiger partial charge in [-0.25, -0.2) is 0 Å². The molecule has 0 bridgehead atoms. The lowest BCUT2D eigenvalue weighted by Gasteiger charge is -2.31. The highest BCUT2D eigenvalue weighted by Crippen LogP contribution is 2.27. The summed E-state index contributed by atoms with van der Waals surface area (Å²) in [6, 6.07) is 1.75. The molecule has 1 aliphatic rings. The molecule has 1 fully saturated rings. The van der Waals surface area contributed by atoms with Crippen molar-refractivity contribution in [2.24, 2.45) is 5.73 Å². The predicted octanol–water partition coefficient (Wildman–Crippen LogP) is 1.57. The third-order valence-electron chi connectivity index (χ3n) is 4.27. The summed E-state index contributed by atoms with van der Waals surface area (Å²) in [6.07, 6.45) is 2.12. The Morgan fingerprint density at radius 1 is 1.50 bits per heavy atom. The number of carbonyl (C=O) groups excluding carboxylic acids is 1. The van der Waals surface area contributed by atoms with E-state index in [9.17, 15) is 4.79 Å². The summed E-state index contributed by atoms with van der Waals surface area (Å²) in [5, 5.41) is 11.0. The van der Waals surface area contributed by atoms with E-state index in [2.05, 4.69) is 46.0 Å².